The summed E-state index contributed by atoms with van der Waals surface area (Å²) in [6.45, 7) is 0.584. The molecule has 2 heterocycles. The maximum absolute atomic E-state index is 12.5. The Balaban J connectivity index is 2.12. The Kier molecular flexibility index (Phi) is 3.87. The molecule has 1 amide bonds. The first-order valence-corrected chi connectivity index (χ1v) is 5.91. The normalized spacial score (nSPS) is 20.6. The average molecular weight is 274 g/mol. The van der Waals surface area contributed by atoms with Crippen LogP contribution in [0.1, 0.15) is 25.0 Å². The molecule has 1 fully saturated rings. The van der Waals surface area contributed by atoms with Crippen LogP contribution in [0.4, 0.5) is 19.1 Å². The van der Waals surface area contributed by atoms with Crippen LogP contribution in [0.15, 0.2) is 12.3 Å². The van der Waals surface area contributed by atoms with Gasteiger partial charge in [-0.3, -0.25) is 4.79 Å². The van der Waals surface area contributed by atoms with E-state index < -0.39 is 17.9 Å². The maximum atomic E-state index is 12.5. The highest BCUT2D eigenvalue weighted by Crippen LogP contribution is 2.27. The summed E-state index contributed by atoms with van der Waals surface area (Å²) in [6, 6.07) is 0.198. The molecular weight excluding hydrogens is 261 g/mol. The number of rotatable bonds is 2. The predicted octanol–water partition coefficient (Wildman–Crippen LogP) is 1.58. The Labute approximate surface area is 107 Å². The van der Waals surface area contributed by atoms with Crippen molar-refractivity contribution in [2.75, 3.05) is 11.9 Å². The monoisotopic (exact) mass is 274 g/mol. The molecule has 0 spiro atoms. The molecule has 19 heavy (non-hydrogen) atoms. The quantitative estimate of drug-likeness (QED) is 0.859. The van der Waals surface area contributed by atoms with Crippen LogP contribution >= 0.6 is 0 Å². The number of halogens is 3. The molecule has 1 aromatic rings. The first kappa shape index (κ1) is 13.6. The van der Waals surface area contributed by atoms with Gasteiger partial charge in [0, 0.05) is 12.7 Å². The van der Waals surface area contributed by atoms with Crippen LogP contribution in [0.2, 0.25) is 0 Å². The van der Waals surface area contributed by atoms with Crippen LogP contribution in [-0.2, 0) is 11.0 Å². The molecule has 1 aromatic heterocycles. The number of carbonyl (C=O) groups excluding carboxylic acids is 1. The second-order valence-electron chi connectivity index (χ2n) is 4.25. The Bertz CT molecular complexity index is 463. The number of aromatic nitrogens is 2. The van der Waals surface area contributed by atoms with Gasteiger partial charge in [0.1, 0.15) is 11.7 Å². The van der Waals surface area contributed by atoms with Crippen LogP contribution in [-0.4, -0.2) is 28.5 Å². The number of nitrogens with zero attached hydrogens (tertiary/aromatic N) is 2. The summed E-state index contributed by atoms with van der Waals surface area (Å²) in [5.41, 5.74) is -1.03. The highest BCUT2D eigenvalue weighted by Gasteiger charge is 2.33. The fourth-order valence-corrected chi connectivity index (χ4v) is 1.82. The minimum Gasteiger partial charge on any atom is -0.354 e. The van der Waals surface area contributed by atoms with Crippen molar-refractivity contribution in [2.24, 2.45) is 0 Å². The molecule has 0 saturated carbocycles. The van der Waals surface area contributed by atoms with Crippen molar-refractivity contribution in [1.29, 1.82) is 0 Å². The molecule has 2 rings (SSSR count). The van der Waals surface area contributed by atoms with Gasteiger partial charge in [-0.05, 0) is 25.3 Å². The molecule has 0 aromatic carbocycles. The van der Waals surface area contributed by atoms with Gasteiger partial charge in [0.25, 0.3) is 0 Å². The van der Waals surface area contributed by atoms with Crippen molar-refractivity contribution in [1.82, 2.24) is 15.3 Å². The SMILES string of the molecule is O=C1NCCCCC1Nc1nccc(C(F)(F)F)n1. The third-order valence-electron chi connectivity index (χ3n) is 2.78. The number of alkyl halides is 3. The van der Waals surface area contributed by atoms with Crippen LogP contribution in [0.25, 0.3) is 0 Å². The molecular formula is C11H13F3N4O. The number of hydrogen-bond acceptors (Lipinski definition) is 4. The summed E-state index contributed by atoms with van der Waals surface area (Å²) in [5.74, 6) is -0.421. The summed E-state index contributed by atoms with van der Waals surface area (Å²) >= 11 is 0. The molecule has 1 saturated heterocycles. The molecule has 0 aliphatic carbocycles. The lowest BCUT2D eigenvalue weighted by molar-refractivity contribution is -0.141. The Morgan fingerprint density at radius 2 is 2.16 bits per heavy atom. The molecule has 104 valence electrons. The number of nitrogens with one attached hydrogen (secondary N) is 2. The lowest BCUT2D eigenvalue weighted by Gasteiger charge is -2.15. The average Bonchev–Trinajstić information content (AvgIpc) is 2.54. The number of carbonyl (C=O) groups is 1. The topological polar surface area (TPSA) is 66.9 Å². The van der Waals surface area contributed by atoms with E-state index in [2.05, 4.69) is 20.6 Å². The third kappa shape index (κ3) is 3.55. The largest absolute Gasteiger partial charge is 0.433 e. The number of anilines is 1. The van der Waals surface area contributed by atoms with E-state index in [1.807, 2.05) is 0 Å². The second kappa shape index (κ2) is 5.41. The first-order valence-electron chi connectivity index (χ1n) is 5.91. The molecule has 1 aliphatic rings. The molecule has 8 heteroatoms. The van der Waals surface area contributed by atoms with Gasteiger partial charge in [-0.15, -0.1) is 0 Å². The molecule has 0 bridgehead atoms. The van der Waals surface area contributed by atoms with Crippen LogP contribution in [0, 0.1) is 0 Å². The van der Waals surface area contributed by atoms with E-state index in [0.29, 0.717) is 13.0 Å². The maximum Gasteiger partial charge on any atom is 0.433 e. The lowest BCUT2D eigenvalue weighted by atomic mass is 10.1. The summed E-state index contributed by atoms with van der Waals surface area (Å²) in [6.07, 6.45) is -1.29. The minimum absolute atomic E-state index is 0.183. The summed E-state index contributed by atoms with van der Waals surface area (Å²) in [7, 11) is 0. The van der Waals surface area contributed by atoms with E-state index in [1.165, 1.54) is 0 Å². The summed E-state index contributed by atoms with van der Waals surface area (Å²) < 4.78 is 37.5. The van der Waals surface area contributed by atoms with E-state index in [0.717, 1.165) is 25.1 Å². The predicted molar refractivity (Wildman–Crippen MR) is 61.3 cm³/mol. The highest BCUT2D eigenvalue weighted by molar-refractivity contribution is 5.84. The Morgan fingerprint density at radius 3 is 2.89 bits per heavy atom. The van der Waals surface area contributed by atoms with Crippen LogP contribution in [0.3, 0.4) is 0 Å². The fraction of sp³-hybridized carbons (Fsp3) is 0.545. The molecule has 2 N–H and O–H groups in total. The zero-order valence-electron chi connectivity index (χ0n) is 10.00. The van der Waals surface area contributed by atoms with Gasteiger partial charge in [0.15, 0.2) is 0 Å². The number of hydrogen-bond donors (Lipinski definition) is 2. The fourth-order valence-electron chi connectivity index (χ4n) is 1.82. The van der Waals surface area contributed by atoms with Crippen molar-refractivity contribution < 1.29 is 18.0 Å². The first-order chi connectivity index (χ1) is 8.97. The molecule has 5 nitrogen and oxygen atoms in total. The van der Waals surface area contributed by atoms with Crippen molar-refractivity contribution >= 4 is 11.9 Å². The van der Waals surface area contributed by atoms with E-state index in [1.54, 1.807) is 0 Å². The minimum atomic E-state index is -4.52. The van der Waals surface area contributed by atoms with E-state index in [-0.39, 0.29) is 11.9 Å². The Hall–Kier alpha value is -1.86. The van der Waals surface area contributed by atoms with Crippen molar-refractivity contribution in [3.05, 3.63) is 18.0 Å². The summed E-state index contributed by atoms with van der Waals surface area (Å²) in [4.78, 5) is 18.7. The highest BCUT2D eigenvalue weighted by atomic mass is 19.4. The van der Waals surface area contributed by atoms with Crippen LogP contribution in [0.5, 0.6) is 0 Å². The van der Waals surface area contributed by atoms with Crippen molar-refractivity contribution in [3.8, 4) is 0 Å². The third-order valence-corrected chi connectivity index (χ3v) is 2.78. The van der Waals surface area contributed by atoms with Crippen molar-refractivity contribution in [2.45, 2.75) is 31.5 Å². The van der Waals surface area contributed by atoms with Gasteiger partial charge in [-0.25, -0.2) is 9.97 Å². The van der Waals surface area contributed by atoms with Gasteiger partial charge >= 0.3 is 6.18 Å². The van der Waals surface area contributed by atoms with E-state index in [4.69, 9.17) is 0 Å². The van der Waals surface area contributed by atoms with Crippen LogP contribution < -0.4 is 10.6 Å². The number of amides is 1. The zero-order valence-corrected chi connectivity index (χ0v) is 10.00. The smallest absolute Gasteiger partial charge is 0.354 e. The molecule has 1 unspecified atom stereocenters. The summed E-state index contributed by atoms with van der Waals surface area (Å²) in [5, 5.41) is 5.33. The Morgan fingerprint density at radius 1 is 1.37 bits per heavy atom. The molecule has 1 atom stereocenters. The van der Waals surface area contributed by atoms with E-state index in [9.17, 15) is 18.0 Å². The standard InChI is InChI=1S/C11H13F3N4O/c12-11(13,14)8-4-6-16-10(18-8)17-7-3-1-2-5-15-9(7)19/h4,6-7H,1-3,5H2,(H,15,19)(H,16,17,18). The van der Waals surface area contributed by atoms with Gasteiger partial charge in [0.05, 0.1) is 0 Å². The second-order valence-corrected chi connectivity index (χ2v) is 4.25. The lowest BCUT2D eigenvalue weighted by Crippen LogP contribution is -2.38. The van der Waals surface area contributed by atoms with Gasteiger partial charge in [0.2, 0.25) is 11.9 Å². The van der Waals surface area contributed by atoms with Gasteiger partial charge in [-0.1, -0.05) is 0 Å². The molecule has 0 radical (unpaired) electrons. The van der Waals surface area contributed by atoms with Crippen molar-refractivity contribution in [3.63, 3.8) is 0 Å². The molecule has 1 aliphatic heterocycles. The van der Waals surface area contributed by atoms with Gasteiger partial charge < -0.3 is 10.6 Å². The van der Waals surface area contributed by atoms with E-state index >= 15 is 0 Å². The zero-order chi connectivity index (χ0) is 13.9. The van der Waals surface area contributed by atoms with Gasteiger partial charge in [-0.2, -0.15) is 13.2 Å².